The average molecular weight is 618 g/mol. The van der Waals surface area contributed by atoms with Crippen LogP contribution in [0.15, 0.2) is 58.7 Å². The van der Waals surface area contributed by atoms with E-state index in [4.69, 9.17) is 0 Å². The summed E-state index contributed by atoms with van der Waals surface area (Å²) in [5, 5.41) is 6.22. The number of amides is 1. The first-order valence-electron chi connectivity index (χ1n) is 14.8. The van der Waals surface area contributed by atoms with Crippen molar-refractivity contribution in [1.82, 2.24) is 19.2 Å². The van der Waals surface area contributed by atoms with Crippen LogP contribution < -0.4 is 10.6 Å². The number of aliphatic imine (C=N–C) groups is 1. The fourth-order valence-corrected chi connectivity index (χ4v) is 8.00. The fraction of sp³-hybridized carbons (Fsp3) is 0.484. The van der Waals surface area contributed by atoms with E-state index in [1.807, 2.05) is 6.07 Å². The normalized spacial score (nSPS) is 22.6. The minimum Gasteiger partial charge on any atom is -0.325 e. The summed E-state index contributed by atoms with van der Waals surface area (Å²) in [4.78, 5) is 17.7. The van der Waals surface area contributed by atoms with Gasteiger partial charge in [0, 0.05) is 57.3 Å². The van der Waals surface area contributed by atoms with Crippen LogP contribution in [-0.4, -0.2) is 80.6 Å². The zero-order chi connectivity index (χ0) is 30.6. The molecule has 43 heavy (non-hydrogen) atoms. The van der Waals surface area contributed by atoms with Gasteiger partial charge >= 0.3 is 0 Å². The Morgan fingerprint density at radius 1 is 1.12 bits per heavy atom. The molecule has 2 aromatic carbocycles. The third kappa shape index (κ3) is 7.72. The summed E-state index contributed by atoms with van der Waals surface area (Å²) in [5.41, 5.74) is 3.49. The van der Waals surface area contributed by atoms with Gasteiger partial charge in [0.1, 0.15) is 17.8 Å². The minimum atomic E-state index is -3.80. The summed E-state index contributed by atoms with van der Waals surface area (Å²) in [6.45, 7) is 3.70. The molecule has 0 saturated carbocycles. The van der Waals surface area contributed by atoms with Gasteiger partial charge in [0.25, 0.3) is 10.2 Å². The molecular formula is C31H38F3N5O3S. The Balaban J connectivity index is 1.27. The van der Waals surface area contributed by atoms with Crippen molar-refractivity contribution in [1.29, 1.82) is 0 Å². The summed E-state index contributed by atoms with van der Waals surface area (Å²) in [7, 11) is -3.80. The maximum atomic E-state index is 14.3. The van der Waals surface area contributed by atoms with E-state index >= 15 is 0 Å². The van der Waals surface area contributed by atoms with Crippen molar-refractivity contribution in [2.45, 2.75) is 57.2 Å². The Morgan fingerprint density at radius 2 is 1.91 bits per heavy atom. The molecule has 3 atom stereocenters. The molecule has 2 fully saturated rings. The van der Waals surface area contributed by atoms with Gasteiger partial charge in [-0.1, -0.05) is 18.2 Å². The van der Waals surface area contributed by atoms with Gasteiger partial charge < -0.3 is 10.6 Å². The number of hydrogen-bond donors (Lipinski definition) is 2. The maximum absolute atomic E-state index is 14.3. The topological polar surface area (TPSA) is 94.1 Å². The molecule has 2 aromatic rings. The third-order valence-corrected chi connectivity index (χ3v) is 10.4. The number of piperidine rings is 1. The highest BCUT2D eigenvalue weighted by Crippen LogP contribution is 2.30. The van der Waals surface area contributed by atoms with Gasteiger partial charge in [-0.15, -0.1) is 0 Å². The van der Waals surface area contributed by atoms with E-state index in [9.17, 15) is 26.4 Å². The Bertz CT molecular complexity index is 1460. The van der Waals surface area contributed by atoms with Gasteiger partial charge in [0.2, 0.25) is 5.91 Å². The van der Waals surface area contributed by atoms with E-state index in [0.29, 0.717) is 80.8 Å². The first-order valence-corrected chi connectivity index (χ1v) is 16.2. The summed E-state index contributed by atoms with van der Waals surface area (Å²) < 4.78 is 71.6. The van der Waals surface area contributed by atoms with Gasteiger partial charge in [0.05, 0.1) is 12.2 Å². The van der Waals surface area contributed by atoms with Crippen molar-refractivity contribution in [2.75, 3.05) is 39.3 Å². The number of piperazine rings is 1. The molecule has 12 heteroatoms. The van der Waals surface area contributed by atoms with Crippen LogP contribution in [-0.2, 0) is 15.0 Å². The summed E-state index contributed by atoms with van der Waals surface area (Å²) in [6, 6.07) is 10.2. The first kappa shape index (κ1) is 31.4. The number of nitrogens with one attached hydrogen (secondary N) is 2. The van der Waals surface area contributed by atoms with Gasteiger partial charge in [-0.25, -0.2) is 13.2 Å². The largest absolute Gasteiger partial charge is 0.325 e. The van der Waals surface area contributed by atoms with Crippen LogP contribution in [0.2, 0.25) is 0 Å². The predicted octanol–water partition coefficient (Wildman–Crippen LogP) is 3.98. The molecule has 5 rings (SSSR count). The number of halogens is 3. The Kier molecular flexibility index (Phi) is 10.0. The van der Waals surface area contributed by atoms with Crippen LogP contribution >= 0.6 is 0 Å². The second kappa shape index (κ2) is 13.7. The SMILES string of the molecule is Cc1cc(F)cc([C@@H](CC(=O)NC2=C(CC[C@H]3CNCCN3S(=O)(=O)N3CCCC(F)C3)CN=C2)c2ccc(F)cc2)c1. The lowest BCUT2D eigenvalue weighted by molar-refractivity contribution is -0.120. The third-order valence-electron chi connectivity index (χ3n) is 8.31. The molecule has 3 aliphatic rings. The molecule has 0 aromatic heterocycles. The lowest BCUT2D eigenvalue weighted by Crippen LogP contribution is -2.58. The van der Waals surface area contributed by atoms with Crippen molar-refractivity contribution in [3.8, 4) is 0 Å². The molecule has 0 aliphatic carbocycles. The van der Waals surface area contributed by atoms with Crippen LogP contribution in [0.25, 0.3) is 0 Å². The smallest absolute Gasteiger partial charge is 0.282 e. The van der Waals surface area contributed by atoms with Gasteiger partial charge in [0.15, 0.2) is 0 Å². The molecule has 3 aliphatic heterocycles. The molecule has 232 valence electrons. The quantitative estimate of drug-likeness (QED) is 0.422. The zero-order valence-electron chi connectivity index (χ0n) is 24.2. The second-order valence-electron chi connectivity index (χ2n) is 11.5. The highest BCUT2D eigenvalue weighted by Gasteiger charge is 2.38. The lowest BCUT2D eigenvalue weighted by Gasteiger charge is -2.40. The van der Waals surface area contributed by atoms with Gasteiger partial charge in [-0.2, -0.15) is 17.0 Å². The van der Waals surface area contributed by atoms with E-state index in [1.165, 1.54) is 32.9 Å². The second-order valence-corrected chi connectivity index (χ2v) is 13.4. The summed E-state index contributed by atoms with van der Waals surface area (Å²) in [5.74, 6) is -1.61. The van der Waals surface area contributed by atoms with Crippen LogP contribution in [0.3, 0.4) is 0 Å². The molecular weight excluding hydrogens is 579 g/mol. The van der Waals surface area contributed by atoms with Gasteiger partial charge in [-0.3, -0.25) is 9.79 Å². The number of allylic oxidation sites excluding steroid dienone is 1. The number of alkyl halides is 1. The number of benzene rings is 2. The fourth-order valence-electron chi connectivity index (χ4n) is 6.12. The Labute approximate surface area is 251 Å². The average Bonchev–Trinajstić information content (AvgIpc) is 3.41. The highest BCUT2D eigenvalue weighted by atomic mass is 32.2. The lowest BCUT2D eigenvalue weighted by atomic mass is 9.87. The van der Waals surface area contributed by atoms with E-state index in [1.54, 1.807) is 25.3 Å². The number of aryl methyl sites for hydroxylation is 1. The number of nitrogens with zero attached hydrogens (tertiary/aromatic N) is 3. The standard InChI is InChI=1S/C31H38F3N5O3S/c1-21-13-24(15-27(34)14-21)29(22-4-7-25(32)8-5-22)16-31(40)37-30-19-36-17-23(30)6-9-28-18-35-10-12-39(28)43(41,42)38-11-2-3-26(33)20-38/h4-5,7-8,13-15,19,26,28-29,35H,2-3,6,9-12,16-18,20H2,1H3,(H,37,40)/t26?,28-,29-/m0/s1. The minimum absolute atomic E-state index is 0.00309. The molecule has 2 N–H and O–H groups in total. The van der Waals surface area contributed by atoms with E-state index in [2.05, 4.69) is 15.6 Å². The van der Waals surface area contributed by atoms with E-state index < -0.39 is 33.9 Å². The van der Waals surface area contributed by atoms with Crippen LogP contribution in [0.4, 0.5) is 13.2 Å². The number of hydrogen-bond acceptors (Lipinski definition) is 5. The maximum Gasteiger partial charge on any atom is 0.282 e. The van der Waals surface area contributed by atoms with Gasteiger partial charge in [-0.05, 0) is 79.1 Å². The zero-order valence-corrected chi connectivity index (χ0v) is 25.1. The summed E-state index contributed by atoms with van der Waals surface area (Å²) in [6.07, 6.45) is 2.38. The monoisotopic (exact) mass is 617 g/mol. The molecule has 8 nitrogen and oxygen atoms in total. The molecule has 0 bridgehead atoms. The van der Waals surface area contributed by atoms with Crippen molar-refractivity contribution < 1.29 is 26.4 Å². The number of rotatable bonds is 10. The molecule has 0 radical (unpaired) electrons. The van der Waals surface area contributed by atoms with E-state index in [-0.39, 0.29) is 24.9 Å². The summed E-state index contributed by atoms with van der Waals surface area (Å²) >= 11 is 0. The molecule has 3 heterocycles. The van der Waals surface area contributed by atoms with Crippen molar-refractivity contribution in [2.24, 2.45) is 4.99 Å². The molecule has 2 saturated heterocycles. The van der Waals surface area contributed by atoms with Crippen molar-refractivity contribution in [3.63, 3.8) is 0 Å². The van der Waals surface area contributed by atoms with Crippen molar-refractivity contribution in [3.05, 3.63) is 82.1 Å². The van der Waals surface area contributed by atoms with E-state index in [0.717, 1.165) is 5.57 Å². The number of carbonyl (C=O) groups is 1. The highest BCUT2D eigenvalue weighted by molar-refractivity contribution is 7.86. The van der Waals surface area contributed by atoms with Crippen LogP contribution in [0.5, 0.6) is 0 Å². The predicted molar refractivity (Wildman–Crippen MR) is 160 cm³/mol. The molecule has 1 amide bonds. The van der Waals surface area contributed by atoms with Crippen LogP contribution in [0.1, 0.15) is 54.7 Å². The molecule has 1 unspecified atom stereocenters. The Morgan fingerprint density at radius 3 is 2.65 bits per heavy atom. The van der Waals surface area contributed by atoms with Crippen molar-refractivity contribution >= 4 is 22.3 Å². The van der Waals surface area contributed by atoms with Crippen LogP contribution in [0, 0.1) is 18.6 Å². The first-order chi connectivity index (χ1) is 20.6. The number of carbonyl (C=O) groups excluding carboxylic acids is 1. The Hall–Kier alpha value is -3.06. The molecule has 0 spiro atoms.